The second kappa shape index (κ2) is 3.28. The third kappa shape index (κ3) is 5.08. The molecule has 0 aliphatic carbocycles. The highest BCUT2D eigenvalue weighted by atomic mass is 127. The van der Waals surface area contributed by atoms with E-state index in [1.165, 1.54) is 0 Å². The Kier molecular flexibility index (Phi) is 3.98. The normalized spacial score (nSPS) is 15.0. The Morgan fingerprint density at radius 2 is 2.20 bits per heavy atom. The van der Waals surface area contributed by atoms with E-state index in [1.807, 2.05) is 0 Å². The number of alkyl halides is 1. The maximum Gasteiger partial charge on any atom is 0.0531 e. The molecule has 32 valence electrons. The summed E-state index contributed by atoms with van der Waals surface area (Å²) in [6, 6.07) is 0. The molecule has 0 rings (SSSR count). The quantitative estimate of drug-likeness (QED) is 0.375. The van der Waals surface area contributed by atoms with Crippen molar-refractivity contribution in [1.29, 1.82) is 0 Å². The molecule has 0 heterocycles. The van der Waals surface area contributed by atoms with Gasteiger partial charge in [-0.1, -0.05) is 29.5 Å². The van der Waals surface area contributed by atoms with Crippen molar-refractivity contribution >= 4 is 35.2 Å². The van der Waals surface area contributed by atoms with Crippen LogP contribution >= 0.6 is 35.2 Å². The average Bonchev–Trinajstić information content (AvgIpc) is 1.38. The van der Waals surface area contributed by atoms with Gasteiger partial charge >= 0.3 is 0 Å². The van der Waals surface area contributed by atoms with Crippen molar-refractivity contribution < 1.29 is 0 Å². The Morgan fingerprint density at radius 1 is 2.00 bits per heavy atom. The van der Waals surface area contributed by atoms with Gasteiger partial charge in [0.15, 0.2) is 0 Å². The smallest absolute Gasteiger partial charge is 0.0531 e. The summed E-state index contributed by atoms with van der Waals surface area (Å²) < 4.78 is 0.549. The van der Waals surface area contributed by atoms with Crippen molar-refractivity contribution in [2.75, 3.05) is 0 Å². The van der Waals surface area contributed by atoms with Gasteiger partial charge in [0.05, 0.1) is 3.26 Å². The van der Waals surface area contributed by atoms with E-state index < -0.39 is 0 Å². The van der Waals surface area contributed by atoms with Gasteiger partial charge in [-0.3, -0.25) is 0 Å². The molecular weight excluding hydrogens is 195 g/mol. The molecule has 2 heteroatoms. The summed E-state index contributed by atoms with van der Waals surface area (Å²) >= 11 is 6.36. The number of thiol groups is 1. The molecule has 1 atom stereocenters. The first-order chi connectivity index (χ1) is 2.27. The zero-order chi connectivity index (χ0) is 4.28. The van der Waals surface area contributed by atoms with E-state index >= 15 is 0 Å². The van der Waals surface area contributed by atoms with E-state index in [0.29, 0.717) is 3.26 Å². The highest BCUT2D eigenvalue weighted by molar-refractivity contribution is 14.1. The minimum Gasteiger partial charge on any atom is -0.165 e. The summed E-state index contributed by atoms with van der Waals surface area (Å²) in [5.41, 5.74) is 0. The Bertz CT molecular complexity index is 20.9. The molecule has 0 aromatic rings. The van der Waals surface area contributed by atoms with E-state index in [4.69, 9.17) is 0 Å². The highest BCUT2D eigenvalue weighted by Crippen LogP contribution is 2.07. The van der Waals surface area contributed by atoms with E-state index in [1.54, 1.807) is 0 Å². The minimum atomic E-state index is 0.549. The molecule has 0 fully saturated rings. The van der Waals surface area contributed by atoms with Crippen LogP contribution < -0.4 is 0 Å². The molecule has 0 nitrogen and oxygen atoms in total. The summed E-state index contributed by atoms with van der Waals surface area (Å²) in [6.07, 6.45) is 1.16. The van der Waals surface area contributed by atoms with Crippen molar-refractivity contribution in [3.05, 3.63) is 0 Å². The largest absolute Gasteiger partial charge is 0.165 e. The lowest BCUT2D eigenvalue weighted by molar-refractivity contribution is 1.09. The zero-order valence-corrected chi connectivity index (χ0v) is 6.16. The summed E-state index contributed by atoms with van der Waals surface area (Å²) in [5.74, 6) is 0. The van der Waals surface area contributed by atoms with Crippen LogP contribution in [0.5, 0.6) is 0 Å². The molecule has 0 aromatic heterocycles. The van der Waals surface area contributed by atoms with E-state index in [2.05, 4.69) is 42.1 Å². The van der Waals surface area contributed by atoms with Gasteiger partial charge in [-0.05, 0) is 6.42 Å². The standard InChI is InChI=1S/C3H7IS/c1-2-3(4)5/h3,5H,2H2,1H3. The van der Waals surface area contributed by atoms with Crippen LogP contribution in [0.15, 0.2) is 0 Å². The van der Waals surface area contributed by atoms with Crippen LogP contribution in [0.3, 0.4) is 0 Å². The topological polar surface area (TPSA) is 0 Å². The molecule has 0 spiro atoms. The molecular formula is C3H7IS. The summed E-state index contributed by atoms with van der Waals surface area (Å²) in [7, 11) is 0. The highest BCUT2D eigenvalue weighted by Gasteiger charge is 1.83. The lowest BCUT2D eigenvalue weighted by Crippen LogP contribution is -1.74. The van der Waals surface area contributed by atoms with Gasteiger partial charge in [-0.2, -0.15) is 12.6 Å². The molecule has 0 aliphatic rings. The first kappa shape index (κ1) is 6.08. The fourth-order valence-corrected chi connectivity index (χ4v) is 0. The van der Waals surface area contributed by atoms with Crippen molar-refractivity contribution in [2.24, 2.45) is 0 Å². The Hall–Kier alpha value is 1.08. The van der Waals surface area contributed by atoms with Crippen molar-refractivity contribution in [3.63, 3.8) is 0 Å². The lowest BCUT2D eigenvalue weighted by atomic mass is 10.6. The predicted octanol–water partition coefficient (Wildman–Crippen LogP) is 2.09. The second-order valence-corrected chi connectivity index (χ2v) is 3.96. The molecule has 0 radical (unpaired) electrons. The van der Waals surface area contributed by atoms with Crippen LogP contribution in [0, 0.1) is 0 Å². The van der Waals surface area contributed by atoms with Crippen LogP contribution in [0.25, 0.3) is 0 Å². The van der Waals surface area contributed by atoms with Gasteiger partial charge in [-0.25, -0.2) is 0 Å². The molecule has 0 saturated heterocycles. The van der Waals surface area contributed by atoms with Crippen LogP contribution in [0.1, 0.15) is 13.3 Å². The van der Waals surface area contributed by atoms with Gasteiger partial charge in [0, 0.05) is 0 Å². The number of rotatable bonds is 1. The second-order valence-electron chi connectivity index (χ2n) is 0.843. The zero-order valence-electron chi connectivity index (χ0n) is 3.11. The molecule has 1 unspecified atom stereocenters. The minimum absolute atomic E-state index is 0.549. The predicted molar refractivity (Wildman–Crippen MR) is 37.1 cm³/mol. The number of halogens is 1. The van der Waals surface area contributed by atoms with Crippen LogP contribution in [0.2, 0.25) is 0 Å². The number of hydrogen-bond acceptors (Lipinski definition) is 1. The number of hydrogen-bond donors (Lipinski definition) is 1. The van der Waals surface area contributed by atoms with Gasteiger partial charge < -0.3 is 0 Å². The van der Waals surface area contributed by atoms with E-state index in [0.717, 1.165) is 6.42 Å². The van der Waals surface area contributed by atoms with Crippen LogP contribution in [-0.4, -0.2) is 3.26 Å². The van der Waals surface area contributed by atoms with Gasteiger partial charge in [0.2, 0.25) is 0 Å². The fourth-order valence-electron chi connectivity index (χ4n) is 0. The molecule has 0 bridgehead atoms. The first-order valence-corrected chi connectivity index (χ1v) is 3.35. The maximum atomic E-state index is 4.08. The molecule has 0 aromatic carbocycles. The first-order valence-electron chi connectivity index (χ1n) is 1.59. The molecule has 0 amide bonds. The van der Waals surface area contributed by atoms with Gasteiger partial charge in [0.25, 0.3) is 0 Å². The fraction of sp³-hybridized carbons (Fsp3) is 1.00. The van der Waals surface area contributed by atoms with Gasteiger partial charge in [-0.15, -0.1) is 0 Å². The van der Waals surface area contributed by atoms with E-state index in [9.17, 15) is 0 Å². The lowest BCUT2D eigenvalue weighted by Gasteiger charge is -1.87. The summed E-state index contributed by atoms with van der Waals surface area (Å²) in [5, 5.41) is 0. The molecule has 5 heavy (non-hydrogen) atoms. The average molecular weight is 202 g/mol. The van der Waals surface area contributed by atoms with Crippen LogP contribution in [-0.2, 0) is 0 Å². The van der Waals surface area contributed by atoms with Crippen molar-refractivity contribution in [3.8, 4) is 0 Å². The Labute approximate surface area is 51.9 Å². The summed E-state index contributed by atoms with van der Waals surface area (Å²) in [6.45, 7) is 2.12. The maximum absolute atomic E-state index is 4.08. The third-order valence-electron chi connectivity index (χ3n) is 0.337. The van der Waals surface area contributed by atoms with E-state index in [-0.39, 0.29) is 0 Å². The monoisotopic (exact) mass is 202 g/mol. The van der Waals surface area contributed by atoms with Crippen LogP contribution in [0.4, 0.5) is 0 Å². The van der Waals surface area contributed by atoms with Crippen molar-refractivity contribution in [1.82, 2.24) is 0 Å². The van der Waals surface area contributed by atoms with Gasteiger partial charge in [0.1, 0.15) is 0 Å². The molecule has 0 saturated carbocycles. The Morgan fingerprint density at radius 3 is 2.20 bits per heavy atom. The summed E-state index contributed by atoms with van der Waals surface area (Å²) in [4.78, 5) is 0. The molecule has 0 N–H and O–H groups in total. The third-order valence-corrected chi connectivity index (χ3v) is 1.58. The van der Waals surface area contributed by atoms with Crippen molar-refractivity contribution in [2.45, 2.75) is 16.6 Å². The SMILES string of the molecule is CCC(S)I. The Balaban J connectivity index is 2.54. The molecule has 0 aliphatic heterocycles.